The van der Waals surface area contributed by atoms with Gasteiger partial charge >= 0.3 is 0 Å². The summed E-state index contributed by atoms with van der Waals surface area (Å²) >= 11 is 0. The molecule has 0 nitrogen and oxygen atoms in total. The third kappa shape index (κ3) is 0.655. The SMILES string of the molecule is C1=PP2CCC1C2. The second kappa shape index (κ2) is 1.54. The van der Waals surface area contributed by atoms with E-state index in [1.807, 2.05) is 0 Å². The molecule has 0 saturated carbocycles. The van der Waals surface area contributed by atoms with E-state index in [0.717, 1.165) is 5.92 Å². The van der Waals surface area contributed by atoms with E-state index in [1.165, 1.54) is 6.42 Å². The lowest BCUT2D eigenvalue weighted by Crippen LogP contribution is -1.93. The van der Waals surface area contributed by atoms with Gasteiger partial charge in [-0.15, -0.1) is 0 Å². The summed E-state index contributed by atoms with van der Waals surface area (Å²) in [5, 5.41) is 0. The van der Waals surface area contributed by atoms with Gasteiger partial charge in [0.05, 0.1) is 0 Å². The Balaban J connectivity index is 2.27. The molecular weight excluding hydrogens is 122 g/mol. The summed E-state index contributed by atoms with van der Waals surface area (Å²) in [4.78, 5) is 0. The summed E-state index contributed by atoms with van der Waals surface area (Å²) in [6.07, 6.45) is 4.69. The first kappa shape index (κ1) is 4.48. The fourth-order valence-electron chi connectivity index (χ4n) is 1.18. The molecule has 0 spiro atoms. The minimum atomic E-state index is 0.548. The third-order valence-electron chi connectivity index (χ3n) is 1.64. The Morgan fingerprint density at radius 1 is 1.71 bits per heavy atom. The van der Waals surface area contributed by atoms with E-state index in [4.69, 9.17) is 0 Å². The molecular formula is C5H8P2. The smallest absolute Gasteiger partial charge is 0.0138 e. The van der Waals surface area contributed by atoms with Crippen molar-refractivity contribution in [2.75, 3.05) is 12.3 Å². The van der Waals surface area contributed by atoms with Crippen molar-refractivity contribution in [3.05, 3.63) is 0 Å². The largest absolute Gasteiger partial charge is 0.0801 e. The van der Waals surface area contributed by atoms with Crippen molar-refractivity contribution >= 4 is 21.3 Å². The molecule has 2 rings (SSSR count). The number of hydrogen-bond donors (Lipinski definition) is 0. The van der Waals surface area contributed by atoms with E-state index in [1.54, 1.807) is 20.2 Å². The van der Waals surface area contributed by atoms with Crippen molar-refractivity contribution in [2.24, 2.45) is 5.92 Å². The molecule has 1 fully saturated rings. The minimum Gasteiger partial charge on any atom is -0.0801 e. The molecule has 0 aromatic heterocycles. The zero-order chi connectivity index (χ0) is 4.69. The summed E-state index contributed by atoms with van der Waals surface area (Å²) in [6.45, 7) is 0. The molecule has 7 heavy (non-hydrogen) atoms. The van der Waals surface area contributed by atoms with E-state index in [9.17, 15) is 0 Å². The van der Waals surface area contributed by atoms with Gasteiger partial charge in [0, 0.05) is 0 Å². The lowest BCUT2D eigenvalue weighted by Gasteiger charge is -1.96. The predicted octanol–water partition coefficient (Wildman–Crippen LogP) is 2.17. The predicted molar refractivity (Wildman–Crippen MR) is 37.7 cm³/mol. The van der Waals surface area contributed by atoms with Crippen LogP contribution in [0.3, 0.4) is 0 Å². The monoisotopic (exact) mass is 130 g/mol. The van der Waals surface area contributed by atoms with Crippen molar-refractivity contribution in [3.63, 3.8) is 0 Å². The summed E-state index contributed by atoms with van der Waals surface area (Å²) in [7, 11) is 2.26. The highest BCUT2D eigenvalue weighted by atomic mass is 32.0. The molecule has 0 N–H and O–H groups in total. The first-order valence-corrected chi connectivity index (χ1v) is 6.12. The van der Waals surface area contributed by atoms with Crippen LogP contribution >= 0.6 is 15.5 Å². The van der Waals surface area contributed by atoms with Crippen LogP contribution in [0.5, 0.6) is 0 Å². The van der Waals surface area contributed by atoms with Gasteiger partial charge in [-0.05, 0) is 24.7 Å². The standard InChI is InChI=1S/C5H8P2/c1-2-7-4-5(1)3-6-7/h3,5H,1-2,4H2. The van der Waals surface area contributed by atoms with Gasteiger partial charge in [-0.25, -0.2) is 0 Å². The third-order valence-corrected chi connectivity index (χ3v) is 6.66. The Labute approximate surface area is 46.8 Å². The van der Waals surface area contributed by atoms with Crippen molar-refractivity contribution in [1.29, 1.82) is 0 Å². The van der Waals surface area contributed by atoms with Crippen molar-refractivity contribution in [1.82, 2.24) is 0 Å². The molecule has 0 amide bonds. The lowest BCUT2D eigenvalue weighted by molar-refractivity contribution is 0.818. The van der Waals surface area contributed by atoms with E-state index in [2.05, 4.69) is 5.80 Å². The summed E-state index contributed by atoms with van der Waals surface area (Å²) in [5.41, 5.74) is 0. The van der Waals surface area contributed by atoms with Gasteiger partial charge in [0.2, 0.25) is 0 Å². The zero-order valence-electron chi connectivity index (χ0n) is 4.17. The van der Waals surface area contributed by atoms with E-state index < -0.39 is 0 Å². The van der Waals surface area contributed by atoms with Crippen LogP contribution in [0.2, 0.25) is 0 Å². The molecule has 2 unspecified atom stereocenters. The second-order valence-corrected chi connectivity index (χ2v) is 6.97. The summed E-state index contributed by atoms with van der Waals surface area (Å²) in [6, 6.07) is 0. The highest BCUT2D eigenvalue weighted by molar-refractivity contribution is 8.21. The van der Waals surface area contributed by atoms with Crippen LogP contribution in [0, 0.1) is 5.92 Å². The zero-order valence-corrected chi connectivity index (χ0v) is 5.96. The van der Waals surface area contributed by atoms with Crippen LogP contribution in [0.25, 0.3) is 0 Å². The molecule has 2 heterocycles. The Morgan fingerprint density at radius 3 is 2.86 bits per heavy atom. The van der Waals surface area contributed by atoms with Crippen molar-refractivity contribution in [2.45, 2.75) is 6.42 Å². The molecule has 0 aromatic rings. The maximum atomic E-state index is 2.51. The van der Waals surface area contributed by atoms with E-state index >= 15 is 0 Å². The number of hydrogen-bond acceptors (Lipinski definition) is 0. The highest BCUT2D eigenvalue weighted by Crippen LogP contribution is 2.61. The van der Waals surface area contributed by atoms with E-state index in [-0.39, 0.29) is 0 Å². The lowest BCUT2D eigenvalue weighted by atomic mass is 10.2. The quantitative estimate of drug-likeness (QED) is 0.441. The topological polar surface area (TPSA) is 0 Å². The average molecular weight is 130 g/mol. The average Bonchev–Trinajstić information content (AvgIpc) is 2.22. The molecule has 38 valence electrons. The molecule has 2 aliphatic rings. The first-order valence-electron chi connectivity index (χ1n) is 2.74. The number of fused-ring (bicyclic) bond motifs is 2. The Bertz CT molecular complexity index is 96.6. The molecule has 2 heteroatoms. The molecule has 0 radical (unpaired) electrons. The van der Waals surface area contributed by atoms with Gasteiger partial charge in [-0.3, -0.25) is 0 Å². The van der Waals surface area contributed by atoms with Crippen LogP contribution in [0.4, 0.5) is 0 Å². The van der Waals surface area contributed by atoms with Crippen LogP contribution < -0.4 is 0 Å². The Kier molecular flexibility index (Phi) is 0.984. The molecule has 1 saturated heterocycles. The molecule has 2 bridgehead atoms. The van der Waals surface area contributed by atoms with Gasteiger partial charge in [0.25, 0.3) is 0 Å². The second-order valence-electron chi connectivity index (χ2n) is 2.23. The maximum Gasteiger partial charge on any atom is -0.0138 e. The van der Waals surface area contributed by atoms with Crippen LogP contribution in [0.1, 0.15) is 6.42 Å². The fraction of sp³-hybridized carbons (Fsp3) is 0.800. The Morgan fingerprint density at radius 2 is 2.71 bits per heavy atom. The van der Waals surface area contributed by atoms with Crippen molar-refractivity contribution in [3.8, 4) is 0 Å². The van der Waals surface area contributed by atoms with Gasteiger partial charge in [-0.2, -0.15) is 0 Å². The Hall–Kier alpha value is 0.600. The summed E-state index contributed by atoms with van der Waals surface area (Å²) < 4.78 is 0. The molecule has 0 aliphatic carbocycles. The minimum absolute atomic E-state index is 0.548. The summed E-state index contributed by atoms with van der Waals surface area (Å²) in [5.74, 6) is 3.57. The van der Waals surface area contributed by atoms with Gasteiger partial charge < -0.3 is 0 Å². The van der Waals surface area contributed by atoms with Gasteiger partial charge in [0.1, 0.15) is 0 Å². The van der Waals surface area contributed by atoms with Crippen molar-refractivity contribution < 1.29 is 0 Å². The normalized spacial score (nSPS) is 48.0. The van der Waals surface area contributed by atoms with Crippen LogP contribution in [0.15, 0.2) is 0 Å². The van der Waals surface area contributed by atoms with E-state index in [0.29, 0.717) is 7.61 Å². The van der Waals surface area contributed by atoms with Crippen LogP contribution in [-0.2, 0) is 0 Å². The first-order chi connectivity index (χ1) is 3.45. The van der Waals surface area contributed by atoms with Gasteiger partial charge in [0.15, 0.2) is 0 Å². The van der Waals surface area contributed by atoms with Crippen LogP contribution in [-0.4, -0.2) is 18.1 Å². The number of rotatable bonds is 0. The molecule has 0 aromatic carbocycles. The highest BCUT2D eigenvalue weighted by Gasteiger charge is 2.25. The molecule has 2 aliphatic heterocycles. The molecule has 2 atom stereocenters. The maximum absolute atomic E-state index is 2.51. The van der Waals surface area contributed by atoms with Gasteiger partial charge in [-0.1, -0.05) is 21.3 Å². The fourth-order valence-corrected chi connectivity index (χ4v) is 6.57.